The second-order valence-electron chi connectivity index (χ2n) is 4.37. The number of carboxylic acid groups (broad SMARTS) is 1. The van der Waals surface area contributed by atoms with E-state index in [1.54, 1.807) is 25.1 Å². The van der Waals surface area contributed by atoms with Gasteiger partial charge in [0.15, 0.2) is 0 Å². The Morgan fingerprint density at radius 2 is 1.86 bits per heavy atom. The van der Waals surface area contributed by atoms with Gasteiger partial charge in [-0.25, -0.2) is 13.2 Å². The second kappa shape index (κ2) is 5.87. The Morgan fingerprint density at radius 3 is 2.43 bits per heavy atom. The lowest BCUT2D eigenvalue weighted by Gasteiger charge is -2.12. The molecule has 0 fully saturated rings. The fourth-order valence-corrected chi connectivity index (χ4v) is 3.95. The van der Waals surface area contributed by atoms with Gasteiger partial charge in [-0.2, -0.15) is 0 Å². The highest BCUT2D eigenvalue weighted by Gasteiger charge is 2.19. The van der Waals surface area contributed by atoms with Crippen LogP contribution in [0, 0.1) is 6.92 Å². The summed E-state index contributed by atoms with van der Waals surface area (Å²) in [6.07, 6.45) is 0. The van der Waals surface area contributed by atoms with E-state index in [-0.39, 0.29) is 14.9 Å². The van der Waals surface area contributed by atoms with E-state index >= 15 is 0 Å². The van der Waals surface area contributed by atoms with Gasteiger partial charge in [-0.15, -0.1) is 0 Å². The minimum atomic E-state index is -3.80. The van der Waals surface area contributed by atoms with E-state index in [4.69, 9.17) is 5.11 Å². The number of nitrogens with one attached hydrogen (secondary N) is 1. The predicted molar refractivity (Wildman–Crippen MR) is 83.1 cm³/mol. The van der Waals surface area contributed by atoms with E-state index in [9.17, 15) is 13.2 Å². The number of carbonyl (C=O) groups is 1. The van der Waals surface area contributed by atoms with Gasteiger partial charge in [-0.05, 0) is 52.7 Å². The number of aryl methyl sites for hydroxylation is 1. The summed E-state index contributed by atoms with van der Waals surface area (Å²) in [6, 6.07) is 10.8. The van der Waals surface area contributed by atoms with E-state index in [0.717, 1.165) is 5.56 Å². The average molecular weight is 370 g/mol. The third-order valence-electron chi connectivity index (χ3n) is 2.86. The largest absolute Gasteiger partial charge is 0.478 e. The van der Waals surface area contributed by atoms with E-state index in [0.29, 0.717) is 5.69 Å². The number of halogens is 1. The molecular formula is C14H12BrNO4S. The molecule has 0 saturated heterocycles. The fraction of sp³-hybridized carbons (Fsp3) is 0.0714. The highest BCUT2D eigenvalue weighted by molar-refractivity contribution is 9.10. The number of benzene rings is 2. The predicted octanol–water partition coefficient (Wildman–Crippen LogP) is 3.26. The van der Waals surface area contributed by atoms with Gasteiger partial charge in [0.2, 0.25) is 0 Å². The third-order valence-corrected chi connectivity index (χ3v) is 5.20. The van der Waals surface area contributed by atoms with Gasteiger partial charge < -0.3 is 5.11 Å². The molecule has 0 amide bonds. The minimum absolute atomic E-state index is 0.0108. The molecule has 21 heavy (non-hydrogen) atoms. The Labute approximate surface area is 130 Å². The molecule has 5 nitrogen and oxygen atoms in total. The van der Waals surface area contributed by atoms with Crippen LogP contribution in [0.3, 0.4) is 0 Å². The molecule has 0 radical (unpaired) electrons. The third kappa shape index (κ3) is 3.43. The molecule has 0 aliphatic carbocycles. The van der Waals surface area contributed by atoms with Gasteiger partial charge in [0.1, 0.15) is 4.90 Å². The number of aromatic carboxylic acids is 1. The van der Waals surface area contributed by atoms with Crippen LogP contribution in [-0.4, -0.2) is 19.5 Å². The van der Waals surface area contributed by atoms with Crippen LogP contribution >= 0.6 is 15.9 Å². The van der Waals surface area contributed by atoms with Gasteiger partial charge in [-0.3, -0.25) is 4.72 Å². The normalized spacial score (nSPS) is 11.1. The topological polar surface area (TPSA) is 83.5 Å². The number of sulfonamides is 1. The molecule has 0 atom stereocenters. The summed E-state index contributed by atoms with van der Waals surface area (Å²) in [5, 5.41) is 8.89. The van der Waals surface area contributed by atoms with Crippen LogP contribution in [0.25, 0.3) is 0 Å². The Balaban J connectivity index is 2.41. The fourth-order valence-electron chi connectivity index (χ4n) is 1.74. The number of hydrogen-bond donors (Lipinski definition) is 2. The van der Waals surface area contributed by atoms with Crippen LogP contribution in [0.15, 0.2) is 51.8 Å². The number of anilines is 1. The van der Waals surface area contributed by atoms with E-state index in [1.165, 1.54) is 18.2 Å². The monoisotopic (exact) mass is 369 g/mol. The van der Waals surface area contributed by atoms with Crippen LogP contribution in [0.4, 0.5) is 5.69 Å². The van der Waals surface area contributed by atoms with Crippen molar-refractivity contribution >= 4 is 37.6 Å². The first-order valence-electron chi connectivity index (χ1n) is 5.92. The van der Waals surface area contributed by atoms with E-state index < -0.39 is 16.0 Å². The van der Waals surface area contributed by atoms with Crippen molar-refractivity contribution in [1.82, 2.24) is 0 Å². The molecule has 2 aromatic carbocycles. The first-order valence-corrected chi connectivity index (χ1v) is 8.20. The quantitative estimate of drug-likeness (QED) is 0.866. The maximum atomic E-state index is 12.4. The molecule has 0 aliphatic heterocycles. The van der Waals surface area contributed by atoms with Crippen molar-refractivity contribution in [2.24, 2.45) is 0 Å². The summed E-state index contributed by atoms with van der Waals surface area (Å²) in [5.74, 6) is -1.12. The first kappa shape index (κ1) is 15.5. The Morgan fingerprint density at radius 1 is 1.19 bits per heavy atom. The molecule has 0 unspecified atom stereocenters. The van der Waals surface area contributed by atoms with Gasteiger partial charge in [-0.1, -0.05) is 18.2 Å². The maximum absolute atomic E-state index is 12.4. The van der Waals surface area contributed by atoms with Crippen LogP contribution in [-0.2, 0) is 10.0 Å². The molecule has 7 heteroatoms. The van der Waals surface area contributed by atoms with Crippen molar-refractivity contribution in [3.05, 3.63) is 58.1 Å². The van der Waals surface area contributed by atoms with Crippen LogP contribution < -0.4 is 4.72 Å². The van der Waals surface area contributed by atoms with Crippen LogP contribution in [0.1, 0.15) is 15.9 Å². The number of hydrogen-bond acceptors (Lipinski definition) is 3. The number of carboxylic acids is 1. The molecule has 2 N–H and O–H groups in total. The zero-order valence-electron chi connectivity index (χ0n) is 11.0. The standard InChI is InChI=1S/C14H12BrNO4S/c1-9-4-2-3-5-12(9)16-21(19,20)13-7-6-10(14(17)18)8-11(13)15/h2-8,16H,1H3,(H,17,18). The van der Waals surface area contributed by atoms with Gasteiger partial charge in [0, 0.05) is 4.47 Å². The molecule has 0 aromatic heterocycles. The molecular weight excluding hydrogens is 358 g/mol. The minimum Gasteiger partial charge on any atom is -0.478 e. The van der Waals surface area contributed by atoms with E-state index in [2.05, 4.69) is 20.7 Å². The second-order valence-corrected chi connectivity index (χ2v) is 6.88. The molecule has 0 bridgehead atoms. The molecule has 110 valence electrons. The summed E-state index contributed by atoms with van der Waals surface area (Å²) in [6.45, 7) is 1.79. The van der Waals surface area contributed by atoms with E-state index in [1.807, 2.05) is 6.07 Å². The Bertz CT molecular complexity index is 802. The van der Waals surface area contributed by atoms with Crippen molar-refractivity contribution in [2.75, 3.05) is 4.72 Å². The van der Waals surface area contributed by atoms with Crippen LogP contribution in [0.5, 0.6) is 0 Å². The first-order chi connectivity index (χ1) is 9.81. The van der Waals surface area contributed by atoms with Crippen molar-refractivity contribution in [1.29, 1.82) is 0 Å². The highest BCUT2D eigenvalue weighted by Crippen LogP contribution is 2.26. The van der Waals surface area contributed by atoms with Crippen molar-refractivity contribution in [3.8, 4) is 0 Å². The molecule has 0 heterocycles. The maximum Gasteiger partial charge on any atom is 0.335 e. The lowest BCUT2D eigenvalue weighted by Crippen LogP contribution is -2.14. The SMILES string of the molecule is Cc1ccccc1NS(=O)(=O)c1ccc(C(=O)O)cc1Br. The molecule has 2 aromatic rings. The number of rotatable bonds is 4. The molecule has 2 rings (SSSR count). The molecule has 0 spiro atoms. The molecule has 0 saturated carbocycles. The average Bonchev–Trinajstić information content (AvgIpc) is 2.40. The summed E-state index contributed by atoms with van der Waals surface area (Å²) in [5.41, 5.74) is 1.28. The van der Waals surface area contributed by atoms with Gasteiger partial charge in [0.05, 0.1) is 11.3 Å². The smallest absolute Gasteiger partial charge is 0.335 e. The van der Waals surface area contributed by atoms with Crippen molar-refractivity contribution < 1.29 is 18.3 Å². The lowest BCUT2D eigenvalue weighted by atomic mass is 10.2. The summed E-state index contributed by atoms with van der Waals surface area (Å²) in [4.78, 5) is 10.8. The van der Waals surface area contributed by atoms with Gasteiger partial charge in [0.25, 0.3) is 10.0 Å². The van der Waals surface area contributed by atoms with Gasteiger partial charge >= 0.3 is 5.97 Å². The number of para-hydroxylation sites is 1. The molecule has 0 aliphatic rings. The van der Waals surface area contributed by atoms with Crippen molar-refractivity contribution in [3.63, 3.8) is 0 Å². The summed E-state index contributed by atoms with van der Waals surface area (Å²) >= 11 is 3.10. The zero-order valence-corrected chi connectivity index (χ0v) is 13.4. The summed E-state index contributed by atoms with van der Waals surface area (Å²) in [7, 11) is -3.80. The lowest BCUT2D eigenvalue weighted by molar-refractivity contribution is 0.0696. The Hall–Kier alpha value is -1.86. The van der Waals surface area contributed by atoms with Crippen molar-refractivity contribution in [2.45, 2.75) is 11.8 Å². The Kier molecular flexibility index (Phi) is 4.34. The summed E-state index contributed by atoms with van der Waals surface area (Å²) < 4.78 is 27.4. The van der Waals surface area contributed by atoms with Crippen LogP contribution in [0.2, 0.25) is 0 Å². The zero-order chi connectivity index (χ0) is 15.6. The highest BCUT2D eigenvalue weighted by atomic mass is 79.9.